The molecule has 0 atom stereocenters. The molecule has 0 radical (unpaired) electrons. The molecule has 3 nitrogen and oxygen atoms in total. The SMILES string of the molecule is CCCCCCCCC=CCCCCCCCC(=O)N(C)N(C)C. The average molecular weight is 339 g/mol. The van der Waals surface area contributed by atoms with Crippen LogP contribution < -0.4 is 0 Å². The molecule has 0 aliphatic heterocycles. The summed E-state index contributed by atoms with van der Waals surface area (Å²) >= 11 is 0. The molecule has 0 saturated carbocycles. The van der Waals surface area contributed by atoms with Gasteiger partial charge in [0.25, 0.3) is 0 Å². The van der Waals surface area contributed by atoms with Gasteiger partial charge in [0.15, 0.2) is 0 Å². The summed E-state index contributed by atoms with van der Waals surface area (Å²) in [6.07, 6.45) is 22.2. The highest BCUT2D eigenvalue weighted by Gasteiger charge is 2.09. The molecule has 3 heteroatoms. The molecule has 0 fully saturated rings. The van der Waals surface area contributed by atoms with Crippen molar-refractivity contribution in [1.29, 1.82) is 0 Å². The Kier molecular flexibility index (Phi) is 16.4. The number of hydrogen-bond donors (Lipinski definition) is 0. The van der Waals surface area contributed by atoms with E-state index in [1.807, 2.05) is 26.2 Å². The van der Waals surface area contributed by atoms with E-state index in [1.54, 1.807) is 5.01 Å². The standard InChI is InChI=1S/C21H42N2O/c1-5-6-7-8-9-10-11-12-13-14-15-16-17-18-19-20-21(24)23(4)22(2)3/h12-13H,5-11,14-20H2,1-4H3. The molecule has 1 amide bonds. The Morgan fingerprint density at radius 3 is 1.67 bits per heavy atom. The fourth-order valence-corrected chi connectivity index (χ4v) is 2.73. The van der Waals surface area contributed by atoms with Crippen molar-refractivity contribution in [2.75, 3.05) is 21.1 Å². The number of amides is 1. The number of rotatable bonds is 16. The second-order valence-corrected chi connectivity index (χ2v) is 7.10. The van der Waals surface area contributed by atoms with Crippen molar-refractivity contribution in [2.24, 2.45) is 0 Å². The van der Waals surface area contributed by atoms with Gasteiger partial charge < -0.3 is 0 Å². The zero-order valence-electron chi connectivity index (χ0n) is 16.9. The van der Waals surface area contributed by atoms with Crippen LogP contribution in [-0.4, -0.2) is 37.1 Å². The number of hydrogen-bond acceptors (Lipinski definition) is 2. The quantitative estimate of drug-likeness (QED) is 0.197. The number of unbranched alkanes of at least 4 members (excludes halogenated alkanes) is 11. The van der Waals surface area contributed by atoms with Gasteiger partial charge in [-0.3, -0.25) is 9.80 Å². The third-order valence-corrected chi connectivity index (χ3v) is 4.61. The van der Waals surface area contributed by atoms with Crippen molar-refractivity contribution >= 4 is 5.91 Å². The molecule has 0 aromatic carbocycles. The lowest BCUT2D eigenvalue weighted by atomic mass is 10.1. The normalized spacial score (nSPS) is 11.5. The minimum Gasteiger partial charge on any atom is -0.279 e. The molecule has 0 aromatic rings. The lowest BCUT2D eigenvalue weighted by Crippen LogP contribution is -2.38. The molecule has 142 valence electrons. The van der Waals surface area contributed by atoms with Gasteiger partial charge in [0.2, 0.25) is 5.91 Å². The van der Waals surface area contributed by atoms with Crippen LogP contribution in [0.4, 0.5) is 0 Å². The van der Waals surface area contributed by atoms with Crippen molar-refractivity contribution in [1.82, 2.24) is 10.0 Å². The predicted octanol–water partition coefficient (Wildman–Crippen LogP) is 5.96. The zero-order chi connectivity index (χ0) is 18.0. The first-order valence-electron chi connectivity index (χ1n) is 10.2. The van der Waals surface area contributed by atoms with Crippen LogP contribution in [-0.2, 0) is 4.79 Å². The first-order valence-corrected chi connectivity index (χ1v) is 10.2. The van der Waals surface area contributed by atoms with E-state index in [2.05, 4.69) is 19.1 Å². The first-order chi connectivity index (χ1) is 11.6. The van der Waals surface area contributed by atoms with Gasteiger partial charge >= 0.3 is 0 Å². The lowest BCUT2D eigenvalue weighted by molar-refractivity contribution is -0.141. The van der Waals surface area contributed by atoms with Crippen LogP contribution in [0.1, 0.15) is 96.8 Å². The largest absolute Gasteiger partial charge is 0.279 e. The minimum atomic E-state index is 0.220. The van der Waals surface area contributed by atoms with Crippen molar-refractivity contribution in [3.05, 3.63) is 12.2 Å². The minimum absolute atomic E-state index is 0.220. The van der Waals surface area contributed by atoms with Gasteiger partial charge in [-0.25, -0.2) is 5.01 Å². The van der Waals surface area contributed by atoms with Gasteiger partial charge in [0.1, 0.15) is 0 Å². The van der Waals surface area contributed by atoms with E-state index < -0.39 is 0 Å². The van der Waals surface area contributed by atoms with Crippen molar-refractivity contribution in [3.8, 4) is 0 Å². The maximum atomic E-state index is 11.8. The van der Waals surface area contributed by atoms with Crippen LogP contribution in [0.3, 0.4) is 0 Å². The number of hydrazine groups is 1. The van der Waals surface area contributed by atoms with Crippen LogP contribution in [0, 0.1) is 0 Å². The lowest BCUT2D eigenvalue weighted by Gasteiger charge is -2.24. The van der Waals surface area contributed by atoms with E-state index in [4.69, 9.17) is 0 Å². The Morgan fingerprint density at radius 1 is 0.708 bits per heavy atom. The van der Waals surface area contributed by atoms with E-state index >= 15 is 0 Å². The van der Waals surface area contributed by atoms with Gasteiger partial charge in [-0.15, -0.1) is 0 Å². The van der Waals surface area contributed by atoms with Gasteiger partial charge in [-0.1, -0.05) is 70.4 Å². The van der Waals surface area contributed by atoms with Crippen LogP contribution >= 0.6 is 0 Å². The van der Waals surface area contributed by atoms with Crippen LogP contribution in [0.25, 0.3) is 0 Å². The van der Waals surface area contributed by atoms with Crippen molar-refractivity contribution < 1.29 is 4.79 Å². The number of allylic oxidation sites excluding steroid dienone is 2. The molecule has 0 heterocycles. The second kappa shape index (κ2) is 17.0. The maximum Gasteiger partial charge on any atom is 0.236 e. The molecule has 0 N–H and O–H groups in total. The molecular formula is C21H42N2O. The molecule has 0 bridgehead atoms. The highest BCUT2D eigenvalue weighted by Crippen LogP contribution is 2.10. The molecule has 0 unspecified atom stereocenters. The van der Waals surface area contributed by atoms with E-state index in [0.29, 0.717) is 6.42 Å². The fourth-order valence-electron chi connectivity index (χ4n) is 2.73. The monoisotopic (exact) mass is 338 g/mol. The highest BCUT2D eigenvalue weighted by atomic mass is 16.2. The molecule has 0 aromatic heterocycles. The first kappa shape index (κ1) is 23.2. The number of nitrogens with zero attached hydrogens (tertiary/aromatic N) is 2. The molecule has 0 rings (SSSR count). The number of carbonyl (C=O) groups excluding carboxylic acids is 1. The Morgan fingerprint density at radius 2 is 1.17 bits per heavy atom. The molecule has 0 aliphatic carbocycles. The number of carbonyl (C=O) groups is 1. The Hall–Kier alpha value is -0.830. The van der Waals surface area contributed by atoms with Gasteiger partial charge in [0.05, 0.1) is 0 Å². The van der Waals surface area contributed by atoms with Gasteiger partial charge in [-0.05, 0) is 32.1 Å². The maximum absolute atomic E-state index is 11.8. The summed E-state index contributed by atoms with van der Waals surface area (Å²) in [6.45, 7) is 2.27. The van der Waals surface area contributed by atoms with Crippen LogP contribution in [0.5, 0.6) is 0 Å². The van der Waals surface area contributed by atoms with E-state index in [1.165, 1.54) is 77.0 Å². The van der Waals surface area contributed by atoms with Gasteiger partial charge in [-0.2, -0.15) is 0 Å². The summed E-state index contributed by atoms with van der Waals surface area (Å²) in [7, 11) is 5.63. The molecular weight excluding hydrogens is 296 g/mol. The highest BCUT2D eigenvalue weighted by molar-refractivity contribution is 5.75. The van der Waals surface area contributed by atoms with Crippen molar-refractivity contribution in [2.45, 2.75) is 96.8 Å². The summed E-state index contributed by atoms with van der Waals surface area (Å²) in [5.41, 5.74) is 0. The van der Waals surface area contributed by atoms with Gasteiger partial charge in [0, 0.05) is 27.6 Å². The molecule has 0 saturated heterocycles. The fraction of sp³-hybridized carbons (Fsp3) is 0.857. The molecule has 0 aliphatic rings. The molecule has 24 heavy (non-hydrogen) atoms. The topological polar surface area (TPSA) is 23.6 Å². The summed E-state index contributed by atoms with van der Waals surface area (Å²) in [4.78, 5) is 11.8. The predicted molar refractivity (Wildman–Crippen MR) is 106 cm³/mol. The Balaban J connectivity index is 3.27. The zero-order valence-corrected chi connectivity index (χ0v) is 16.9. The molecule has 0 spiro atoms. The summed E-state index contributed by atoms with van der Waals surface area (Å²) in [6, 6.07) is 0. The van der Waals surface area contributed by atoms with Crippen LogP contribution in [0.2, 0.25) is 0 Å². The van der Waals surface area contributed by atoms with E-state index in [0.717, 1.165) is 6.42 Å². The van der Waals surface area contributed by atoms with E-state index in [-0.39, 0.29) is 5.91 Å². The summed E-state index contributed by atoms with van der Waals surface area (Å²) < 4.78 is 0. The average Bonchev–Trinajstić information content (AvgIpc) is 2.57. The Labute approximate surface area is 151 Å². The summed E-state index contributed by atoms with van der Waals surface area (Å²) in [5, 5.41) is 3.52. The summed E-state index contributed by atoms with van der Waals surface area (Å²) in [5.74, 6) is 0.220. The van der Waals surface area contributed by atoms with Crippen molar-refractivity contribution in [3.63, 3.8) is 0 Å². The smallest absolute Gasteiger partial charge is 0.236 e. The third kappa shape index (κ3) is 14.7. The van der Waals surface area contributed by atoms with Crippen LogP contribution in [0.15, 0.2) is 12.2 Å². The van der Waals surface area contributed by atoms with E-state index in [9.17, 15) is 4.79 Å². The Bertz CT molecular complexity index is 313. The second-order valence-electron chi connectivity index (χ2n) is 7.10. The third-order valence-electron chi connectivity index (χ3n) is 4.61.